The molecule has 2 rings (SSSR count). The lowest BCUT2D eigenvalue weighted by molar-refractivity contribution is -0.00599. The van der Waals surface area contributed by atoms with E-state index in [1.54, 1.807) is 4.90 Å². The lowest BCUT2D eigenvalue weighted by Gasteiger charge is -2.38. The summed E-state index contributed by atoms with van der Waals surface area (Å²) >= 11 is 0. The fourth-order valence-electron chi connectivity index (χ4n) is 3.07. The van der Waals surface area contributed by atoms with Gasteiger partial charge in [-0.15, -0.1) is 0 Å². The molecule has 2 bridgehead atoms. The summed E-state index contributed by atoms with van der Waals surface area (Å²) in [5, 5.41) is 0. The van der Waals surface area contributed by atoms with Crippen molar-refractivity contribution in [1.82, 2.24) is 4.90 Å². The molecule has 0 radical (unpaired) electrons. The van der Waals surface area contributed by atoms with E-state index in [9.17, 15) is 13.2 Å². The third-order valence-corrected chi connectivity index (χ3v) is 4.23. The van der Waals surface area contributed by atoms with Crippen LogP contribution in [-0.2, 0) is 19.0 Å². The van der Waals surface area contributed by atoms with Crippen LogP contribution in [0, 0.1) is 0 Å². The van der Waals surface area contributed by atoms with Crippen molar-refractivity contribution in [3.63, 3.8) is 0 Å². The van der Waals surface area contributed by atoms with Gasteiger partial charge in [0.1, 0.15) is 5.60 Å². The third-order valence-electron chi connectivity index (χ3n) is 3.61. The highest BCUT2D eigenvalue weighted by Gasteiger charge is 2.45. The van der Waals surface area contributed by atoms with Crippen molar-refractivity contribution in [2.75, 3.05) is 6.26 Å². The van der Waals surface area contributed by atoms with E-state index in [2.05, 4.69) is 0 Å². The molecule has 0 N–H and O–H groups in total. The zero-order valence-electron chi connectivity index (χ0n) is 12.5. The van der Waals surface area contributed by atoms with Crippen molar-refractivity contribution in [3.8, 4) is 0 Å². The minimum absolute atomic E-state index is 0.0235. The van der Waals surface area contributed by atoms with E-state index in [1.165, 1.54) is 0 Å². The number of rotatable bonds is 2. The van der Waals surface area contributed by atoms with E-state index in [0.29, 0.717) is 12.8 Å². The molecule has 7 heteroatoms. The molecule has 2 fully saturated rings. The molecule has 0 aliphatic carbocycles. The summed E-state index contributed by atoms with van der Waals surface area (Å²) in [6.45, 7) is 5.52. The Hall–Kier alpha value is -0.820. The maximum Gasteiger partial charge on any atom is 0.410 e. The van der Waals surface area contributed by atoms with Gasteiger partial charge in [-0.25, -0.2) is 4.79 Å². The second-order valence-corrected chi connectivity index (χ2v) is 8.27. The summed E-state index contributed by atoms with van der Waals surface area (Å²) in [6, 6.07) is 0.0469. The minimum atomic E-state index is -3.44. The molecule has 0 aromatic carbocycles. The Morgan fingerprint density at radius 1 is 1.15 bits per heavy atom. The maximum absolute atomic E-state index is 12.2. The largest absolute Gasteiger partial charge is 0.444 e. The average molecular weight is 305 g/mol. The molecule has 0 spiro atoms. The zero-order valence-corrected chi connectivity index (χ0v) is 13.3. The van der Waals surface area contributed by atoms with E-state index < -0.39 is 15.7 Å². The first-order valence-corrected chi connectivity index (χ1v) is 8.76. The van der Waals surface area contributed by atoms with Crippen molar-refractivity contribution >= 4 is 16.2 Å². The number of ether oxygens (including phenoxy) is 1. The Labute approximate surface area is 120 Å². The highest BCUT2D eigenvalue weighted by Crippen LogP contribution is 2.38. The molecule has 2 aliphatic rings. The SMILES string of the molecule is CC(C)(C)OC(=O)N1C2CC[C@H]1CC(OS(C)(=O)=O)C2. The van der Waals surface area contributed by atoms with Gasteiger partial charge >= 0.3 is 6.09 Å². The van der Waals surface area contributed by atoms with Gasteiger partial charge in [-0.3, -0.25) is 4.18 Å². The van der Waals surface area contributed by atoms with Crippen molar-refractivity contribution in [2.24, 2.45) is 0 Å². The normalized spacial score (nSPS) is 30.4. The van der Waals surface area contributed by atoms with Gasteiger partial charge in [-0.05, 0) is 46.5 Å². The quantitative estimate of drug-likeness (QED) is 0.728. The molecule has 0 aromatic heterocycles. The number of hydrogen-bond acceptors (Lipinski definition) is 5. The van der Waals surface area contributed by atoms with Crippen LogP contribution in [0.3, 0.4) is 0 Å². The first-order valence-electron chi connectivity index (χ1n) is 6.95. The number of nitrogens with zero attached hydrogens (tertiary/aromatic N) is 1. The van der Waals surface area contributed by atoms with E-state index in [-0.39, 0.29) is 24.3 Å². The van der Waals surface area contributed by atoms with Crippen LogP contribution in [0.2, 0.25) is 0 Å². The van der Waals surface area contributed by atoms with Gasteiger partial charge in [0.15, 0.2) is 0 Å². The standard InChI is InChI=1S/C13H23NO5S/c1-13(2,3)18-12(15)14-9-5-6-10(14)8-11(7-9)19-20(4,16)17/h9-11H,5-8H2,1-4H3/t9-,10?,11?/m0/s1. The van der Waals surface area contributed by atoms with E-state index >= 15 is 0 Å². The van der Waals surface area contributed by atoms with Crippen LogP contribution >= 0.6 is 0 Å². The van der Waals surface area contributed by atoms with Gasteiger partial charge in [-0.1, -0.05) is 0 Å². The highest BCUT2D eigenvalue weighted by molar-refractivity contribution is 7.86. The predicted octanol–water partition coefficient (Wildman–Crippen LogP) is 1.89. The molecule has 2 heterocycles. The van der Waals surface area contributed by atoms with Crippen LogP contribution in [0.5, 0.6) is 0 Å². The smallest absolute Gasteiger partial charge is 0.410 e. The third kappa shape index (κ3) is 3.85. The highest BCUT2D eigenvalue weighted by atomic mass is 32.2. The molecule has 0 saturated carbocycles. The Bertz CT molecular complexity index is 467. The molecule has 0 aromatic rings. The molecule has 20 heavy (non-hydrogen) atoms. The number of piperidine rings is 1. The summed E-state index contributed by atoms with van der Waals surface area (Å²) in [5.41, 5.74) is -0.517. The number of fused-ring (bicyclic) bond motifs is 2. The first kappa shape index (κ1) is 15.6. The van der Waals surface area contributed by atoms with Crippen LogP contribution in [0.15, 0.2) is 0 Å². The first-order chi connectivity index (χ1) is 9.05. The maximum atomic E-state index is 12.2. The summed E-state index contributed by atoms with van der Waals surface area (Å²) < 4.78 is 32.9. The minimum Gasteiger partial charge on any atom is -0.444 e. The predicted molar refractivity (Wildman–Crippen MR) is 73.8 cm³/mol. The fraction of sp³-hybridized carbons (Fsp3) is 0.923. The number of amides is 1. The van der Waals surface area contributed by atoms with Crippen LogP contribution in [0.25, 0.3) is 0 Å². The second-order valence-electron chi connectivity index (χ2n) is 6.67. The van der Waals surface area contributed by atoms with Gasteiger partial charge in [0, 0.05) is 12.1 Å². The topological polar surface area (TPSA) is 72.9 Å². The molecule has 1 amide bonds. The Morgan fingerprint density at radius 3 is 2.05 bits per heavy atom. The lowest BCUT2D eigenvalue weighted by atomic mass is 10.0. The van der Waals surface area contributed by atoms with Crippen molar-refractivity contribution in [3.05, 3.63) is 0 Å². The monoisotopic (exact) mass is 305 g/mol. The molecule has 116 valence electrons. The molecule has 2 aliphatic heterocycles. The molecule has 2 saturated heterocycles. The van der Waals surface area contributed by atoms with Gasteiger partial charge in [0.25, 0.3) is 10.1 Å². The van der Waals surface area contributed by atoms with Crippen LogP contribution in [0.4, 0.5) is 4.79 Å². The summed E-state index contributed by atoms with van der Waals surface area (Å²) in [7, 11) is -3.44. The zero-order chi connectivity index (χ0) is 15.1. The molecule has 3 atom stereocenters. The summed E-state index contributed by atoms with van der Waals surface area (Å²) in [6.07, 6.45) is 3.32. The van der Waals surface area contributed by atoms with Crippen LogP contribution in [-0.4, -0.2) is 49.5 Å². The van der Waals surface area contributed by atoms with E-state index in [4.69, 9.17) is 8.92 Å². The summed E-state index contributed by atoms with van der Waals surface area (Å²) in [4.78, 5) is 14.0. The Balaban J connectivity index is 2.02. The summed E-state index contributed by atoms with van der Waals surface area (Å²) in [5.74, 6) is 0. The fourth-order valence-corrected chi connectivity index (χ4v) is 3.72. The van der Waals surface area contributed by atoms with E-state index in [0.717, 1.165) is 19.1 Å². The number of carbonyl (C=O) groups excluding carboxylic acids is 1. The Morgan fingerprint density at radius 2 is 1.65 bits per heavy atom. The molecular formula is C13H23NO5S. The van der Waals surface area contributed by atoms with Crippen molar-refractivity contribution in [1.29, 1.82) is 0 Å². The molecule has 6 nitrogen and oxygen atoms in total. The van der Waals surface area contributed by atoms with Gasteiger partial charge in [-0.2, -0.15) is 8.42 Å². The second kappa shape index (κ2) is 5.18. The lowest BCUT2D eigenvalue weighted by Crippen LogP contribution is -2.50. The van der Waals surface area contributed by atoms with Crippen molar-refractivity contribution < 1.29 is 22.1 Å². The number of hydrogen-bond donors (Lipinski definition) is 0. The van der Waals surface area contributed by atoms with Gasteiger partial charge in [0.2, 0.25) is 0 Å². The van der Waals surface area contributed by atoms with Crippen LogP contribution in [0.1, 0.15) is 46.5 Å². The average Bonchev–Trinajstić information content (AvgIpc) is 2.46. The Kier molecular flexibility index (Phi) is 4.03. The van der Waals surface area contributed by atoms with Crippen LogP contribution < -0.4 is 0 Å². The van der Waals surface area contributed by atoms with E-state index in [1.807, 2.05) is 20.8 Å². The molecular weight excluding hydrogens is 282 g/mol. The molecule has 2 unspecified atom stereocenters. The number of carbonyl (C=O) groups is 1. The van der Waals surface area contributed by atoms with Crippen molar-refractivity contribution in [2.45, 2.75) is 70.2 Å². The van der Waals surface area contributed by atoms with Gasteiger partial charge < -0.3 is 9.64 Å². The van der Waals surface area contributed by atoms with Gasteiger partial charge in [0.05, 0.1) is 12.4 Å².